The monoisotopic (exact) mass is 357 g/mol. The lowest BCUT2D eigenvalue weighted by Crippen LogP contribution is -2.48. The molecule has 2 saturated heterocycles. The Morgan fingerprint density at radius 3 is 2.65 bits per heavy atom. The van der Waals surface area contributed by atoms with Crippen molar-refractivity contribution in [2.45, 2.75) is 17.9 Å². The van der Waals surface area contributed by atoms with Crippen LogP contribution in [0.25, 0.3) is 0 Å². The molecule has 1 aromatic carbocycles. The second-order valence-corrected chi connectivity index (χ2v) is 8.32. The highest BCUT2D eigenvalue weighted by Crippen LogP contribution is 2.27. The molecule has 0 radical (unpaired) electrons. The number of fused-ring (bicyclic) bond motifs is 3. The third kappa shape index (κ3) is 3.24. The van der Waals surface area contributed by atoms with Crippen LogP contribution in [-0.4, -0.2) is 62.3 Å². The number of rotatable bonds is 3. The van der Waals surface area contributed by atoms with Crippen molar-refractivity contribution >= 4 is 27.5 Å². The molecule has 2 heterocycles. The number of likely N-dealkylation sites (N-methyl/N-ethyl adjacent to an activating group) is 1. The quantitative estimate of drug-likeness (QED) is 0.868. The number of halogens is 1. The van der Waals surface area contributed by atoms with Crippen molar-refractivity contribution in [3.05, 3.63) is 29.3 Å². The lowest BCUT2D eigenvalue weighted by atomic mass is 10.1. The second-order valence-electron chi connectivity index (χ2n) is 6.01. The highest BCUT2D eigenvalue weighted by Gasteiger charge is 2.40. The van der Waals surface area contributed by atoms with Gasteiger partial charge in [-0.2, -0.15) is 4.31 Å². The van der Waals surface area contributed by atoms with Crippen molar-refractivity contribution in [2.24, 2.45) is 5.92 Å². The van der Waals surface area contributed by atoms with Gasteiger partial charge in [0, 0.05) is 26.2 Å². The van der Waals surface area contributed by atoms with E-state index >= 15 is 0 Å². The smallest absolute Gasteiger partial charge is 0.244 e. The molecule has 1 amide bonds. The van der Waals surface area contributed by atoms with Gasteiger partial charge in [-0.1, -0.05) is 30.7 Å². The Kier molecular flexibility index (Phi) is 4.64. The maximum Gasteiger partial charge on any atom is 0.244 e. The molecule has 1 N–H and O–H groups in total. The van der Waals surface area contributed by atoms with Crippen LogP contribution < -0.4 is 5.32 Å². The summed E-state index contributed by atoms with van der Waals surface area (Å²) in [6.45, 7) is 4.59. The number of carbonyl (C=O) groups is 1. The Hall–Kier alpha value is -1.15. The molecule has 8 heteroatoms. The van der Waals surface area contributed by atoms with Crippen LogP contribution in [0.3, 0.4) is 0 Å². The maximum atomic E-state index is 12.9. The van der Waals surface area contributed by atoms with Crippen molar-refractivity contribution in [1.29, 1.82) is 0 Å². The Morgan fingerprint density at radius 1 is 1.22 bits per heavy atom. The summed E-state index contributed by atoms with van der Waals surface area (Å²) >= 11 is 6.07. The van der Waals surface area contributed by atoms with E-state index in [4.69, 9.17) is 11.6 Å². The summed E-state index contributed by atoms with van der Waals surface area (Å²) in [6.07, 6.45) is 0. The molecule has 3 rings (SSSR count). The molecule has 23 heavy (non-hydrogen) atoms. The first-order valence-corrected chi connectivity index (χ1v) is 9.51. The summed E-state index contributed by atoms with van der Waals surface area (Å²) in [6, 6.07) is 6.22. The molecule has 2 fully saturated rings. The van der Waals surface area contributed by atoms with E-state index in [2.05, 4.69) is 10.2 Å². The zero-order valence-electron chi connectivity index (χ0n) is 12.9. The van der Waals surface area contributed by atoms with Gasteiger partial charge in [0.15, 0.2) is 0 Å². The standard InChI is InChI=1S/C15H20ClN3O3S/c1-2-18-7-11-8-19(10-12(9-18)17-15(11)20)23(21,22)14-6-4-3-5-13(14)16/h3-6,11-12H,2,7-10H2,1H3,(H,17,20)/t11-,12+/m1/s1. The predicted octanol–water partition coefficient (Wildman–Crippen LogP) is 0.781. The van der Waals surface area contributed by atoms with Crippen LogP contribution in [0.1, 0.15) is 6.92 Å². The summed E-state index contributed by atoms with van der Waals surface area (Å²) in [7, 11) is -3.72. The zero-order chi connectivity index (χ0) is 16.6. The van der Waals surface area contributed by atoms with Gasteiger partial charge in [-0.15, -0.1) is 0 Å². The zero-order valence-corrected chi connectivity index (χ0v) is 14.5. The predicted molar refractivity (Wildman–Crippen MR) is 87.7 cm³/mol. The van der Waals surface area contributed by atoms with Crippen molar-refractivity contribution in [2.75, 3.05) is 32.7 Å². The van der Waals surface area contributed by atoms with E-state index in [-0.39, 0.29) is 40.9 Å². The molecular formula is C15H20ClN3O3S. The molecule has 6 nitrogen and oxygen atoms in total. The molecule has 0 aromatic heterocycles. The largest absolute Gasteiger partial charge is 0.350 e. The number of amides is 1. The number of benzene rings is 1. The van der Waals surface area contributed by atoms with Gasteiger partial charge in [0.25, 0.3) is 0 Å². The number of hydrogen-bond donors (Lipinski definition) is 1. The third-order valence-corrected chi connectivity index (χ3v) is 6.76. The van der Waals surface area contributed by atoms with E-state index in [1.807, 2.05) is 6.92 Å². The Bertz CT molecular complexity index is 710. The SMILES string of the molecule is CCN1C[C@H]2CN(S(=O)(=O)c3ccccc3Cl)C[C@@H](C1)C(=O)N2. The molecule has 126 valence electrons. The number of hydrogen-bond acceptors (Lipinski definition) is 4. The molecule has 0 unspecified atom stereocenters. The van der Waals surface area contributed by atoms with Crippen LogP contribution in [0.15, 0.2) is 29.2 Å². The lowest BCUT2D eigenvalue weighted by molar-refractivity contribution is -0.124. The minimum Gasteiger partial charge on any atom is -0.350 e. The fourth-order valence-electron chi connectivity index (χ4n) is 3.20. The summed E-state index contributed by atoms with van der Waals surface area (Å²) in [4.78, 5) is 14.5. The van der Waals surface area contributed by atoms with Gasteiger partial charge in [0.1, 0.15) is 4.90 Å². The molecule has 0 spiro atoms. The van der Waals surface area contributed by atoms with Crippen LogP contribution in [0.2, 0.25) is 5.02 Å². The first kappa shape index (κ1) is 16.7. The van der Waals surface area contributed by atoms with E-state index in [1.165, 1.54) is 10.4 Å². The van der Waals surface area contributed by atoms with E-state index in [9.17, 15) is 13.2 Å². The second kappa shape index (κ2) is 6.39. The van der Waals surface area contributed by atoms with Gasteiger partial charge in [0.2, 0.25) is 15.9 Å². The molecule has 2 atom stereocenters. The van der Waals surface area contributed by atoms with Gasteiger partial charge >= 0.3 is 0 Å². The number of nitrogens with one attached hydrogen (secondary N) is 1. The van der Waals surface area contributed by atoms with Crippen molar-refractivity contribution in [3.8, 4) is 0 Å². The molecular weight excluding hydrogens is 338 g/mol. The summed E-state index contributed by atoms with van der Waals surface area (Å²) in [5.74, 6) is -0.428. The number of nitrogens with zero attached hydrogens (tertiary/aromatic N) is 2. The molecule has 2 aliphatic heterocycles. The highest BCUT2D eigenvalue weighted by atomic mass is 35.5. The number of carbonyl (C=O) groups excluding carboxylic acids is 1. The molecule has 2 aliphatic rings. The van der Waals surface area contributed by atoms with E-state index in [0.717, 1.165) is 6.54 Å². The Morgan fingerprint density at radius 2 is 1.96 bits per heavy atom. The number of sulfonamides is 1. The van der Waals surface area contributed by atoms with Crippen molar-refractivity contribution in [3.63, 3.8) is 0 Å². The van der Waals surface area contributed by atoms with Gasteiger partial charge < -0.3 is 10.2 Å². The Balaban J connectivity index is 1.93. The highest BCUT2D eigenvalue weighted by molar-refractivity contribution is 7.89. The van der Waals surface area contributed by atoms with Crippen LogP contribution in [0.5, 0.6) is 0 Å². The first-order chi connectivity index (χ1) is 10.9. The van der Waals surface area contributed by atoms with E-state index in [0.29, 0.717) is 13.1 Å². The Labute approximate surface area is 141 Å². The average molecular weight is 358 g/mol. The van der Waals surface area contributed by atoms with Crippen LogP contribution in [0.4, 0.5) is 0 Å². The summed E-state index contributed by atoms with van der Waals surface area (Å²) in [5.41, 5.74) is 0. The molecule has 0 aliphatic carbocycles. The topological polar surface area (TPSA) is 69.7 Å². The average Bonchev–Trinajstić information content (AvgIpc) is 2.74. The van der Waals surface area contributed by atoms with Crippen LogP contribution in [0, 0.1) is 5.92 Å². The third-order valence-electron chi connectivity index (χ3n) is 4.42. The minimum absolute atomic E-state index is 0.0668. The summed E-state index contributed by atoms with van der Waals surface area (Å²) in [5, 5.41) is 3.16. The van der Waals surface area contributed by atoms with E-state index in [1.54, 1.807) is 18.2 Å². The summed E-state index contributed by atoms with van der Waals surface area (Å²) < 4.78 is 27.3. The lowest BCUT2D eigenvalue weighted by Gasteiger charge is -2.32. The van der Waals surface area contributed by atoms with E-state index < -0.39 is 10.0 Å². The van der Waals surface area contributed by atoms with Gasteiger partial charge in [-0.25, -0.2) is 8.42 Å². The molecule has 1 aromatic rings. The minimum atomic E-state index is -3.72. The van der Waals surface area contributed by atoms with Gasteiger partial charge in [0.05, 0.1) is 17.0 Å². The van der Waals surface area contributed by atoms with Gasteiger partial charge in [-0.05, 0) is 18.7 Å². The van der Waals surface area contributed by atoms with Crippen LogP contribution in [-0.2, 0) is 14.8 Å². The van der Waals surface area contributed by atoms with Crippen molar-refractivity contribution < 1.29 is 13.2 Å². The fraction of sp³-hybridized carbons (Fsp3) is 0.533. The molecule has 2 bridgehead atoms. The maximum absolute atomic E-state index is 12.9. The van der Waals surface area contributed by atoms with Crippen LogP contribution >= 0.6 is 11.6 Å². The van der Waals surface area contributed by atoms with Gasteiger partial charge in [-0.3, -0.25) is 4.79 Å². The molecule has 0 saturated carbocycles. The normalized spacial score (nSPS) is 26.6. The fourth-order valence-corrected chi connectivity index (χ4v) is 5.23. The first-order valence-electron chi connectivity index (χ1n) is 7.69. The van der Waals surface area contributed by atoms with Crippen molar-refractivity contribution in [1.82, 2.24) is 14.5 Å².